The van der Waals surface area contributed by atoms with Crippen LogP contribution < -0.4 is 5.73 Å². The lowest BCUT2D eigenvalue weighted by atomic mass is 10.2. The second-order valence-electron chi connectivity index (χ2n) is 4.03. The van der Waals surface area contributed by atoms with Crippen molar-refractivity contribution in [1.82, 2.24) is 15.0 Å². The summed E-state index contributed by atoms with van der Waals surface area (Å²) in [6, 6.07) is 0. The van der Waals surface area contributed by atoms with Gasteiger partial charge in [-0.1, -0.05) is 5.21 Å². The number of hydrogen-bond donors (Lipinski definition) is 1. The van der Waals surface area contributed by atoms with Crippen LogP contribution in [0.4, 0.5) is 0 Å². The molecule has 6 nitrogen and oxygen atoms in total. The van der Waals surface area contributed by atoms with Crippen molar-refractivity contribution in [3.8, 4) is 0 Å². The molecule has 0 aliphatic heterocycles. The topological polar surface area (TPSA) is 83.0 Å². The molecule has 88 valence electrons. The summed E-state index contributed by atoms with van der Waals surface area (Å²) in [4.78, 5) is 11.2. The maximum atomic E-state index is 11.2. The summed E-state index contributed by atoms with van der Waals surface area (Å²) >= 11 is 0. The highest BCUT2D eigenvalue weighted by molar-refractivity contribution is 5.92. The number of carbonyl (C=O) groups excluding carboxylic acids is 1. The van der Waals surface area contributed by atoms with Crippen LogP contribution in [0.25, 0.3) is 0 Å². The van der Waals surface area contributed by atoms with Crippen molar-refractivity contribution >= 4 is 5.91 Å². The van der Waals surface area contributed by atoms with Gasteiger partial charge in [-0.3, -0.25) is 4.79 Å². The van der Waals surface area contributed by atoms with Gasteiger partial charge in [0.2, 0.25) is 0 Å². The van der Waals surface area contributed by atoms with E-state index in [-0.39, 0.29) is 0 Å². The smallest absolute Gasteiger partial charge is 0.271 e. The van der Waals surface area contributed by atoms with E-state index in [1.165, 1.54) is 0 Å². The molecule has 1 aliphatic carbocycles. The number of aryl methyl sites for hydroxylation is 1. The van der Waals surface area contributed by atoms with E-state index in [0.29, 0.717) is 18.2 Å². The number of hydrogen-bond acceptors (Lipinski definition) is 4. The fraction of sp³-hybridized carbons (Fsp3) is 0.700. The van der Waals surface area contributed by atoms with Crippen LogP contribution in [-0.2, 0) is 11.3 Å². The summed E-state index contributed by atoms with van der Waals surface area (Å²) in [6.45, 7) is 1.40. The zero-order valence-corrected chi connectivity index (χ0v) is 9.35. The molecule has 0 spiro atoms. The SMILES string of the molecule is COCCCn1nnc(C(N)=O)c1C1CC1. The van der Waals surface area contributed by atoms with Gasteiger partial charge in [-0.2, -0.15) is 0 Å². The van der Waals surface area contributed by atoms with Crippen LogP contribution in [-0.4, -0.2) is 34.6 Å². The Morgan fingerprint density at radius 2 is 2.38 bits per heavy atom. The van der Waals surface area contributed by atoms with Crippen molar-refractivity contribution in [2.45, 2.75) is 31.7 Å². The zero-order valence-electron chi connectivity index (χ0n) is 9.35. The van der Waals surface area contributed by atoms with Gasteiger partial charge in [0.15, 0.2) is 5.69 Å². The molecule has 2 N–H and O–H groups in total. The van der Waals surface area contributed by atoms with Crippen molar-refractivity contribution in [1.29, 1.82) is 0 Å². The van der Waals surface area contributed by atoms with E-state index >= 15 is 0 Å². The van der Waals surface area contributed by atoms with Crippen molar-refractivity contribution in [2.75, 3.05) is 13.7 Å². The molecule has 0 saturated heterocycles. The van der Waals surface area contributed by atoms with E-state index in [0.717, 1.165) is 31.5 Å². The Hall–Kier alpha value is -1.43. The molecule has 1 saturated carbocycles. The fourth-order valence-electron chi connectivity index (χ4n) is 1.78. The van der Waals surface area contributed by atoms with E-state index in [2.05, 4.69) is 10.3 Å². The first-order valence-corrected chi connectivity index (χ1v) is 5.46. The van der Waals surface area contributed by atoms with E-state index in [1.807, 2.05) is 0 Å². The molecule has 0 atom stereocenters. The Morgan fingerprint density at radius 3 is 2.94 bits per heavy atom. The summed E-state index contributed by atoms with van der Waals surface area (Å²) in [5.74, 6) is -0.0695. The number of nitrogens with two attached hydrogens (primary N) is 1. The van der Waals surface area contributed by atoms with Gasteiger partial charge in [0.05, 0.1) is 5.69 Å². The second-order valence-corrected chi connectivity index (χ2v) is 4.03. The summed E-state index contributed by atoms with van der Waals surface area (Å²) in [5, 5.41) is 7.83. The van der Waals surface area contributed by atoms with Crippen LogP contribution in [0.5, 0.6) is 0 Å². The fourth-order valence-corrected chi connectivity index (χ4v) is 1.78. The van der Waals surface area contributed by atoms with Gasteiger partial charge >= 0.3 is 0 Å². The Morgan fingerprint density at radius 1 is 1.62 bits per heavy atom. The zero-order chi connectivity index (χ0) is 11.5. The standard InChI is InChI=1S/C10H16N4O2/c1-16-6-2-5-14-9(7-3-4-7)8(10(11)15)12-13-14/h7H,2-6H2,1H3,(H2,11,15). The van der Waals surface area contributed by atoms with Gasteiger partial charge in [-0.15, -0.1) is 5.10 Å². The minimum Gasteiger partial charge on any atom is -0.385 e. The molecule has 0 unspecified atom stereocenters. The Bertz CT molecular complexity index is 384. The number of nitrogens with zero attached hydrogens (tertiary/aromatic N) is 3. The van der Waals surface area contributed by atoms with Gasteiger partial charge < -0.3 is 10.5 Å². The minimum absolute atomic E-state index is 0.333. The molecule has 0 bridgehead atoms. The summed E-state index contributed by atoms with van der Waals surface area (Å²) in [6.07, 6.45) is 3.05. The normalized spacial score (nSPS) is 15.3. The molecule has 6 heteroatoms. The van der Waals surface area contributed by atoms with Gasteiger partial charge in [-0.25, -0.2) is 4.68 Å². The number of amides is 1. The number of primary amides is 1. The number of aromatic nitrogens is 3. The molecule has 1 fully saturated rings. The highest BCUT2D eigenvalue weighted by atomic mass is 16.5. The second kappa shape index (κ2) is 4.61. The Balaban J connectivity index is 2.14. The molecular formula is C10H16N4O2. The van der Waals surface area contributed by atoms with Gasteiger partial charge in [0, 0.05) is 26.2 Å². The molecular weight excluding hydrogens is 208 g/mol. The van der Waals surface area contributed by atoms with Crippen LogP contribution in [0.2, 0.25) is 0 Å². The predicted molar refractivity (Wildman–Crippen MR) is 57.0 cm³/mol. The van der Waals surface area contributed by atoms with Crippen molar-refractivity contribution in [3.05, 3.63) is 11.4 Å². The number of methoxy groups -OCH3 is 1. The first-order chi connectivity index (χ1) is 7.74. The highest BCUT2D eigenvalue weighted by Crippen LogP contribution is 2.41. The highest BCUT2D eigenvalue weighted by Gasteiger charge is 2.32. The molecule has 1 amide bonds. The molecule has 1 heterocycles. The third kappa shape index (κ3) is 2.21. The summed E-state index contributed by atoms with van der Waals surface area (Å²) in [5.41, 5.74) is 6.51. The largest absolute Gasteiger partial charge is 0.385 e. The number of carbonyl (C=O) groups is 1. The quantitative estimate of drug-likeness (QED) is 0.704. The van der Waals surface area contributed by atoms with Crippen LogP contribution >= 0.6 is 0 Å². The summed E-state index contributed by atoms with van der Waals surface area (Å²) in [7, 11) is 1.66. The van der Waals surface area contributed by atoms with Crippen LogP contribution in [0.3, 0.4) is 0 Å². The molecule has 1 aromatic rings. The third-order valence-electron chi connectivity index (χ3n) is 2.69. The van der Waals surface area contributed by atoms with Gasteiger partial charge in [-0.05, 0) is 19.3 Å². The van der Waals surface area contributed by atoms with E-state index in [1.54, 1.807) is 11.8 Å². The Labute approximate surface area is 93.8 Å². The predicted octanol–water partition coefficient (Wildman–Crippen LogP) is 0.291. The number of rotatable bonds is 6. The van der Waals surface area contributed by atoms with Crippen molar-refractivity contribution in [2.24, 2.45) is 5.73 Å². The summed E-state index contributed by atoms with van der Waals surface area (Å²) < 4.78 is 6.77. The average molecular weight is 224 g/mol. The molecule has 1 aromatic heterocycles. The van der Waals surface area contributed by atoms with Gasteiger partial charge in [0.25, 0.3) is 5.91 Å². The molecule has 0 aromatic carbocycles. The Kier molecular flexibility index (Phi) is 3.19. The van der Waals surface area contributed by atoms with Gasteiger partial charge in [0.1, 0.15) is 0 Å². The maximum Gasteiger partial charge on any atom is 0.271 e. The van der Waals surface area contributed by atoms with Crippen molar-refractivity contribution < 1.29 is 9.53 Å². The molecule has 0 radical (unpaired) electrons. The monoisotopic (exact) mass is 224 g/mol. The first kappa shape index (κ1) is 11.1. The maximum absolute atomic E-state index is 11.2. The minimum atomic E-state index is -0.486. The van der Waals surface area contributed by atoms with E-state index < -0.39 is 5.91 Å². The molecule has 16 heavy (non-hydrogen) atoms. The van der Waals surface area contributed by atoms with Crippen LogP contribution in [0.1, 0.15) is 41.4 Å². The third-order valence-corrected chi connectivity index (χ3v) is 2.69. The van der Waals surface area contributed by atoms with Crippen molar-refractivity contribution in [3.63, 3.8) is 0 Å². The first-order valence-electron chi connectivity index (χ1n) is 5.46. The van der Waals surface area contributed by atoms with Crippen LogP contribution in [0.15, 0.2) is 0 Å². The number of ether oxygens (including phenoxy) is 1. The molecule has 2 rings (SSSR count). The lowest BCUT2D eigenvalue weighted by molar-refractivity contribution is 0.0994. The van der Waals surface area contributed by atoms with E-state index in [9.17, 15) is 4.79 Å². The van der Waals surface area contributed by atoms with Crippen LogP contribution in [0, 0.1) is 0 Å². The lowest BCUT2D eigenvalue weighted by Gasteiger charge is -2.05. The lowest BCUT2D eigenvalue weighted by Crippen LogP contribution is -2.15. The molecule has 1 aliphatic rings. The van der Waals surface area contributed by atoms with E-state index in [4.69, 9.17) is 10.5 Å². The average Bonchev–Trinajstić information content (AvgIpc) is 3.00.